The highest BCUT2D eigenvalue weighted by Gasteiger charge is 1.89. The number of hydrogen-bond donors (Lipinski definition) is 0. The molecule has 0 saturated heterocycles. The highest BCUT2D eigenvalue weighted by molar-refractivity contribution is 6.31. The summed E-state index contributed by atoms with van der Waals surface area (Å²) in [5, 5.41) is 0. The van der Waals surface area contributed by atoms with Crippen molar-refractivity contribution in [3.63, 3.8) is 0 Å². The van der Waals surface area contributed by atoms with Crippen molar-refractivity contribution in [1.82, 2.24) is 0 Å². The van der Waals surface area contributed by atoms with Gasteiger partial charge in [-0.15, -0.1) is 0 Å². The quantitative estimate of drug-likeness (QED) is 0.301. The first-order valence-electron chi connectivity index (χ1n) is 2.34. The van der Waals surface area contributed by atoms with Gasteiger partial charge in [-0.3, -0.25) is 14.4 Å². The second-order valence-electron chi connectivity index (χ2n) is 1.46. The van der Waals surface area contributed by atoms with E-state index in [0.29, 0.717) is 0 Å². The minimum Gasteiger partial charge on any atom is -0.295 e. The number of allylic oxidation sites excluding steroid dienone is 2. The molecule has 0 aliphatic heterocycles. The Hall–Kier alpha value is -1.25. The Bertz CT molecular complexity index is 167. The van der Waals surface area contributed by atoms with Crippen LogP contribution in [0.5, 0.6) is 0 Å². The van der Waals surface area contributed by atoms with E-state index < -0.39 is 5.78 Å². The maximum absolute atomic E-state index is 10.1. The molecule has 3 nitrogen and oxygen atoms in total. The molecule has 0 atom stereocenters. The van der Waals surface area contributed by atoms with Gasteiger partial charge in [-0.2, -0.15) is 0 Å². The zero-order valence-corrected chi connectivity index (χ0v) is 4.96. The monoisotopic (exact) mass is 126 g/mol. The van der Waals surface area contributed by atoms with Crippen LogP contribution in [0.25, 0.3) is 0 Å². The number of carbonyl (C=O) groups is 3. The van der Waals surface area contributed by atoms with Crippen LogP contribution in [0.4, 0.5) is 0 Å². The molecular weight excluding hydrogens is 120 g/mol. The molecule has 3 heteroatoms. The average molecular weight is 126 g/mol. The Morgan fingerprint density at radius 1 is 1.22 bits per heavy atom. The molecule has 0 aromatic rings. The fraction of sp³-hybridized carbons (Fsp3) is 0.167. The lowest BCUT2D eigenvalue weighted by Crippen LogP contribution is -1.93. The van der Waals surface area contributed by atoms with Crippen molar-refractivity contribution in [3.8, 4) is 0 Å². The van der Waals surface area contributed by atoms with Crippen molar-refractivity contribution in [2.75, 3.05) is 0 Å². The predicted octanol–water partition coefficient (Wildman–Crippen LogP) is -0.100. The topological polar surface area (TPSA) is 51.2 Å². The molecule has 0 unspecified atom stereocenters. The molecule has 0 aliphatic rings. The van der Waals surface area contributed by atoms with Crippen molar-refractivity contribution in [2.45, 2.75) is 6.92 Å². The minimum absolute atomic E-state index is 0.152. The zero-order valence-electron chi connectivity index (χ0n) is 4.96. The molecule has 0 aliphatic carbocycles. The van der Waals surface area contributed by atoms with Gasteiger partial charge in [-0.05, 0) is 19.1 Å². The number of hydrogen-bond acceptors (Lipinski definition) is 3. The molecule has 0 radical (unpaired) electrons. The van der Waals surface area contributed by atoms with Gasteiger partial charge in [-0.25, -0.2) is 0 Å². The van der Waals surface area contributed by atoms with Crippen LogP contribution in [0.2, 0.25) is 0 Å². The van der Waals surface area contributed by atoms with E-state index in [1.165, 1.54) is 6.92 Å². The first kappa shape index (κ1) is 7.75. The van der Waals surface area contributed by atoms with Crippen LogP contribution in [0, 0.1) is 0 Å². The van der Waals surface area contributed by atoms with Gasteiger partial charge in [0.05, 0.1) is 0 Å². The maximum atomic E-state index is 10.1. The summed E-state index contributed by atoms with van der Waals surface area (Å²) in [5.74, 6) is -0.935. The summed E-state index contributed by atoms with van der Waals surface area (Å²) in [4.78, 5) is 29.8. The van der Waals surface area contributed by atoms with Crippen molar-refractivity contribution < 1.29 is 14.4 Å². The van der Waals surface area contributed by atoms with Gasteiger partial charge >= 0.3 is 0 Å². The second kappa shape index (κ2) is 3.72. The average Bonchev–Trinajstić information content (AvgIpc) is 1.83. The molecule has 0 rings (SSSR count). The van der Waals surface area contributed by atoms with E-state index in [1.54, 1.807) is 0 Å². The van der Waals surface area contributed by atoms with Crippen LogP contribution in [0.3, 0.4) is 0 Å². The van der Waals surface area contributed by atoms with Crippen LogP contribution >= 0.6 is 0 Å². The van der Waals surface area contributed by atoms with E-state index in [9.17, 15) is 14.4 Å². The van der Waals surface area contributed by atoms with Crippen molar-refractivity contribution >= 4 is 17.9 Å². The summed E-state index contributed by atoms with van der Waals surface area (Å²) in [6.07, 6.45) is 2.14. The predicted molar refractivity (Wildman–Crippen MR) is 30.9 cm³/mol. The Morgan fingerprint density at radius 3 is 2.11 bits per heavy atom. The van der Waals surface area contributed by atoms with Gasteiger partial charge in [-0.1, -0.05) is 0 Å². The van der Waals surface area contributed by atoms with Crippen molar-refractivity contribution in [2.24, 2.45) is 0 Å². The Kier molecular flexibility index (Phi) is 3.20. The van der Waals surface area contributed by atoms with E-state index in [4.69, 9.17) is 0 Å². The van der Waals surface area contributed by atoms with Crippen LogP contribution in [0.15, 0.2) is 12.2 Å². The molecule has 0 aromatic carbocycles. The lowest BCUT2D eigenvalue weighted by atomic mass is 10.3. The fourth-order valence-corrected chi connectivity index (χ4v) is 0.239. The van der Waals surface area contributed by atoms with Gasteiger partial charge < -0.3 is 0 Å². The van der Waals surface area contributed by atoms with Gasteiger partial charge in [0.25, 0.3) is 0 Å². The van der Waals surface area contributed by atoms with E-state index in [1.807, 2.05) is 0 Å². The largest absolute Gasteiger partial charge is 0.295 e. The lowest BCUT2D eigenvalue weighted by Gasteiger charge is -1.74. The zero-order chi connectivity index (χ0) is 7.28. The fourth-order valence-electron chi connectivity index (χ4n) is 0.239. The molecule has 0 amide bonds. The van der Waals surface area contributed by atoms with Crippen molar-refractivity contribution in [1.29, 1.82) is 0 Å². The number of ketones is 2. The normalized spacial score (nSPS) is 9.44. The van der Waals surface area contributed by atoms with Crippen LogP contribution < -0.4 is 0 Å². The molecule has 0 aromatic heterocycles. The van der Waals surface area contributed by atoms with E-state index >= 15 is 0 Å². The van der Waals surface area contributed by atoms with Crippen LogP contribution in [-0.2, 0) is 14.4 Å². The molecule has 0 bridgehead atoms. The van der Waals surface area contributed by atoms with E-state index in [-0.39, 0.29) is 12.1 Å². The third-order valence-corrected chi connectivity index (χ3v) is 0.598. The first-order chi connectivity index (χ1) is 4.16. The summed E-state index contributed by atoms with van der Waals surface area (Å²) >= 11 is 0. The number of rotatable bonds is 3. The molecule has 0 N–H and O–H groups in total. The van der Waals surface area contributed by atoms with E-state index in [2.05, 4.69) is 0 Å². The SMILES string of the molecule is CC(=O)C=CC(=O)C=O. The first-order valence-corrected chi connectivity index (χ1v) is 2.34. The van der Waals surface area contributed by atoms with E-state index in [0.717, 1.165) is 12.2 Å². The Labute approximate surface area is 52.4 Å². The van der Waals surface area contributed by atoms with Gasteiger partial charge in [0.2, 0.25) is 5.78 Å². The lowest BCUT2D eigenvalue weighted by molar-refractivity contribution is -0.126. The third kappa shape index (κ3) is 4.61. The minimum atomic E-state index is -0.690. The highest BCUT2D eigenvalue weighted by Crippen LogP contribution is 1.74. The van der Waals surface area contributed by atoms with Crippen molar-refractivity contribution in [3.05, 3.63) is 12.2 Å². The van der Waals surface area contributed by atoms with Gasteiger partial charge in [0.1, 0.15) is 0 Å². The number of aldehydes is 1. The van der Waals surface area contributed by atoms with Gasteiger partial charge in [0, 0.05) is 0 Å². The highest BCUT2D eigenvalue weighted by atomic mass is 16.2. The summed E-state index contributed by atoms with van der Waals surface area (Å²) in [7, 11) is 0. The van der Waals surface area contributed by atoms with Gasteiger partial charge in [0.15, 0.2) is 12.1 Å². The second-order valence-corrected chi connectivity index (χ2v) is 1.46. The molecule has 0 fully saturated rings. The number of carbonyl (C=O) groups excluding carboxylic acids is 3. The molecular formula is C6H6O3. The standard InChI is InChI=1S/C6H6O3/c1-5(8)2-3-6(9)4-7/h2-4H,1H3. The molecule has 0 saturated carbocycles. The molecule has 9 heavy (non-hydrogen) atoms. The van der Waals surface area contributed by atoms with Crippen LogP contribution in [-0.4, -0.2) is 17.9 Å². The molecule has 0 heterocycles. The van der Waals surface area contributed by atoms with Crippen LogP contribution in [0.1, 0.15) is 6.92 Å². The molecule has 48 valence electrons. The smallest absolute Gasteiger partial charge is 0.218 e. The Balaban J connectivity index is 3.85. The Morgan fingerprint density at radius 2 is 1.78 bits per heavy atom. The maximum Gasteiger partial charge on any atom is 0.218 e. The molecule has 0 spiro atoms. The third-order valence-electron chi connectivity index (χ3n) is 0.598. The summed E-state index contributed by atoms with van der Waals surface area (Å²) < 4.78 is 0. The summed E-state index contributed by atoms with van der Waals surface area (Å²) in [5.41, 5.74) is 0. The summed E-state index contributed by atoms with van der Waals surface area (Å²) in [6.45, 7) is 1.30. The summed E-state index contributed by atoms with van der Waals surface area (Å²) in [6, 6.07) is 0.